The minimum atomic E-state index is 1.02. The van der Waals surface area contributed by atoms with Crippen molar-refractivity contribution in [1.29, 1.82) is 0 Å². The molecule has 0 heteroatoms. The molecule has 4 unspecified atom stereocenters. The standard InChI is InChI=1S/C13H24/c1-3-5-11-12-7-4-6-10(2)8-9-13(11)12/h10-13H,3-9H2,1-2H3. The summed E-state index contributed by atoms with van der Waals surface area (Å²) in [5, 5.41) is 0. The van der Waals surface area contributed by atoms with E-state index in [4.69, 9.17) is 0 Å². The quantitative estimate of drug-likeness (QED) is 0.596. The largest absolute Gasteiger partial charge is 0.0654 e. The third-order valence-electron chi connectivity index (χ3n) is 4.36. The molecule has 0 radical (unpaired) electrons. The molecule has 13 heavy (non-hydrogen) atoms. The van der Waals surface area contributed by atoms with E-state index >= 15 is 0 Å². The van der Waals surface area contributed by atoms with Crippen molar-refractivity contribution in [1.82, 2.24) is 0 Å². The molecule has 0 heterocycles. The Labute approximate surface area is 83.1 Å². The van der Waals surface area contributed by atoms with E-state index < -0.39 is 0 Å². The lowest BCUT2D eigenvalue weighted by atomic mass is 9.93. The van der Waals surface area contributed by atoms with Gasteiger partial charge in [0.2, 0.25) is 0 Å². The zero-order valence-corrected chi connectivity index (χ0v) is 9.26. The van der Waals surface area contributed by atoms with Gasteiger partial charge in [-0.25, -0.2) is 0 Å². The molecule has 0 spiro atoms. The molecule has 0 aromatic carbocycles. The van der Waals surface area contributed by atoms with Gasteiger partial charge < -0.3 is 0 Å². The van der Waals surface area contributed by atoms with Crippen molar-refractivity contribution >= 4 is 0 Å². The molecule has 2 saturated carbocycles. The maximum Gasteiger partial charge on any atom is -0.0352 e. The number of rotatable bonds is 2. The van der Waals surface area contributed by atoms with Gasteiger partial charge in [0.1, 0.15) is 0 Å². The Morgan fingerprint density at radius 1 is 1.00 bits per heavy atom. The summed E-state index contributed by atoms with van der Waals surface area (Å²) in [5.74, 6) is 4.48. The van der Waals surface area contributed by atoms with Crippen molar-refractivity contribution in [2.75, 3.05) is 0 Å². The Balaban J connectivity index is 1.82. The molecule has 2 fully saturated rings. The Hall–Kier alpha value is 0. The average Bonchev–Trinajstić information content (AvgIpc) is 2.71. The fraction of sp³-hybridized carbons (Fsp3) is 1.00. The first kappa shape index (κ1) is 9.55. The van der Waals surface area contributed by atoms with Gasteiger partial charge >= 0.3 is 0 Å². The Morgan fingerprint density at radius 2 is 1.77 bits per heavy atom. The molecule has 0 nitrogen and oxygen atoms in total. The van der Waals surface area contributed by atoms with Crippen LogP contribution in [0.15, 0.2) is 0 Å². The molecule has 4 atom stereocenters. The molecule has 0 aliphatic heterocycles. The lowest BCUT2D eigenvalue weighted by Gasteiger charge is -2.13. The van der Waals surface area contributed by atoms with E-state index in [1.54, 1.807) is 12.8 Å². The van der Waals surface area contributed by atoms with Crippen molar-refractivity contribution in [3.8, 4) is 0 Å². The fourth-order valence-corrected chi connectivity index (χ4v) is 3.47. The second-order valence-corrected chi connectivity index (χ2v) is 5.39. The highest BCUT2D eigenvalue weighted by atomic mass is 14.5. The molecule has 0 aromatic heterocycles. The van der Waals surface area contributed by atoms with Crippen LogP contribution in [0.5, 0.6) is 0 Å². The van der Waals surface area contributed by atoms with Crippen LogP contribution in [0, 0.1) is 23.7 Å². The summed E-state index contributed by atoms with van der Waals surface area (Å²) >= 11 is 0. The van der Waals surface area contributed by atoms with E-state index in [-0.39, 0.29) is 0 Å². The van der Waals surface area contributed by atoms with Crippen molar-refractivity contribution < 1.29 is 0 Å². The lowest BCUT2D eigenvalue weighted by molar-refractivity contribution is 0.393. The molecule has 0 aromatic rings. The summed E-state index contributed by atoms with van der Waals surface area (Å²) in [4.78, 5) is 0. The summed E-state index contributed by atoms with van der Waals surface area (Å²) in [5.41, 5.74) is 0. The van der Waals surface area contributed by atoms with Gasteiger partial charge in [-0.1, -0.05) is 46.0 Å². The number of hydrogen-bond acceptors (Lipinski definition) is 0. The molecule has 0 bridgehead atoms. The van der Waals surface area contributed by atoms with E-state index in [9.17, 15) is 0 Å². The van der Waals surface area contributed by atoms with Gasteiger partial charge in [-0.3, -0.25) is 0 Å². The van der Waals surface area contributed by atoms with Gasteiger partial charge in [0.15, 0.2) is 0 Å². The fourth-order valence-electron chi connectivity index (χ4n) is 3.47. The SMILES string of the molecule is CCCC1C2CCCC(C)CCC12. The monoisotopic (exact) mass is 180 g/mol. The van der Waals surface area contributed by atoms with Gasteiger partial charge in [-0.05, 0) is 36.5 Å². The summed E-state index contributed by atoms with van der Waals surface area (Å²) in [6.07, 6.45) is 10.6. The van der Waals surface area contributed by atoms with Crippen LogP contribution in [0.4, 0.5) is 0 Å². The van der Waals surface area contributed by atoms with Crippen LogP contribution in [-0.2, 0) is 0 Å². The van der Waals surface area contributed by atoms with Gasteiger partial charge in [-0.15, -0.1) is 0 Å². The van der Waals surface area contributed by atoms with Crippen LogP contribution in [0.3, 0.4) is 0 Å². The Morgan fingerprint density at radius 3 is 2.54 bits per heavy atom. The van der Waals surface area contributed by atoms with E-state index in [0.29, 0.717) is 0 Å². The molecule has 76 valence electrons. The van der Waals surface area contributed by atoms with E-state index in [1.165, 1.54) is 32.1 Å². The van der Waals surface area contributed by atoms with Crippen LogP contribution < -0.4 is 0 Å². The third-order valence-corrected chi connectivity index (χ3v) is 4.36. The van der Waals surface area contributed by atoms with Gasteiger partial charge in [0, 0.05) is 0 Å². The predicted octanol–water partition coefficient (Wildman–Crippen LogP) is 4.25. The number of hydrogen-bond donors (Lipinski definition) is 0. The minimum Gasteiger partial charge on any atom is -0.0654 e. The van der Waals surface area contributed by atoms with Crippen molar-refractivity contribution in [2.45, 2.75) is 58.8 Å². The van der Waals surface area contributed by atoms with Gasteiger partial charge in [-0.2, -0.15) is 0 Å². The van der Waals surface area contributed by atoms with Crippen LogP contribution in [0.1, 0.15) is 58.8 Å². The summed E-state index contributed by atoms with van der Waals surface area (Å²) < 4.78 is 0. The lowest BCUT2D eigenvalue weighted by Crippen LogP contribution is -2.00. The van der Waals surface area contributed by atoms with Crippen molar-refractivity contribution in [2.24, 2.45) is 23.7 Å². The molecule has 0 amide bonds. The van der Waals surface area contributed by atoms with Crippen LogP contribution >= 0.6 is 0 Å². The maximum absolute atomic E-state index is 2.44. The normalized spacial score (nSPS) is 44.8. The first-order valence-electron chi connectivity index (χ1n) is 6.33. The van der Waals surface area contributed by atoms with E-state index in [0.717, 1.165) is 23.7 Å². The molecule has 0 saturated heterocycles. The highest BCUT2D eigenvalue weighted by Crippen LogP contribution is 2.55. The highest BCUT2D eigenvalue weighted by Gasteiger charge is 2.47. The molecule has 2 aliphatic carbocycles. The smallest absolute Gasteiger partial charge is 0.0352 e. The molecular weight excluding hydrogens is 156 g/mol. The topological polar surface area (TPSA) is 0 Å². The van der Waals surface area contributed by atoms with E-state index in [2.05, 4.69) is 13.8 Å². The van der Waals surface area contributed by atoms with Crippen LogP contribution in [0.25, 0.3) is 0 Å². The molecule has 0 N–H and O–H groups in total. The third kappa shape index (κ3) is 2.08. The second kappa shape index (κ2) is 4.02. The zero-order chi connectivity index (χ0) is 9.26. The Kier molecular flexibility index (Phi) is 2.96. The highest BCUT2D eigenvalue weighted by molar-refractivity contribution is 4.97. The van der Waals surface area contributed by atoms with Crippen molar-refractivity contribution in [3.63, 3.8) is 0 Å². The number of fused-ring (bicyclic) bond motifs is 1. The molecular formula is C13H24. The summed E-state index contributed by atoms with van der Waals surface area (Å²) in [6.45, 7) is 4.78. The first-order chi connectivity index (χ1) is 6.33. The zero-order valence-electron chi connectivity index (χ0n) is 9.26. The molecule has 2 aliphatic rings. The molecule has 2 rings (SSSR count). The minimum absolute atomic E-state index is 1.02. The van der Waals surface area contributed by atoms with E-state index in [1.807, 2.05) is 0 Å². The van der Waals surface area contributed by atoms with Crippen LogP contribution in [-0.4, -0.2) is 0 Å². The maximum atomic E-state index is 2.44. The Bertz CT molecular complexity index is 157. The van der Waals surface area contributed by atoms with Gasteiger partial charge in [0.25, 0.3) is 0 Å². The average molecular weight is 180 g/mol. The van der Waals surface area contributed by atoms with Gasteiger partial charge in [0.05, 0.1) is 0 Å². The summed E-state index contributed by atoms with van der Waals surface area (Å²) in [7, 11) is 0. The summed E-state index contributed by atoms with van der Waals surface area (Å²) in [6, 6.07) is 0. The van der Waals surface area contributed by atoms with Crippen molar-refractivity contribution in [3.05, 3.63) is 0 Å². The van der Waals surface area contributed by atoms with Crippen LogP contribution in [0.2, 0.25) is 0 Å². The first-order valence-corrected chi connectivity index (χ1v) is 6.33. The predicted molar refractivity (Wildman–Crippen MR) is 57.6 cm³/mol. The second-order valence-electron chi connectivity index (χ2n) is 5.39.